The van der Waals surface area contributed by atoms with Crippen molar-refractivity contribution in [3.8, 4) is 5.75 Å². The van der Waals surface area contributed by atoms with Crippen molar-refractivity contribution < 1.29 is 4.43 Å². The second kappa shape index (κ2) is 9.54. The molecule has 3 atom stereocenters. The zero-order valence-corrected chi connectivity index (χ0v) is 22.3. The van der Waals surface area contributed by atoms with Crippen LogP contribution in [0.2, 0.25) is 18.1 Å². The highest BCUT2D eigenvalue weighted by Gasteiger charge is 2.40. The van der Waals surface area contributed by atoms with Gasteiger partial charge in [-0.2, -0.15) is 0 Å². The molecule has 0 bridgehead atoms. The summed E-state index contributed by atoms with van der Waals surface area (Å²) in [5.74, 6) is 2.05. The summed E-state index contributed by atoms with van der Waals surface area (Å²) in [5, 5.41) is 0.160. The van der Waals surface area contributed by atoms with Crippen molar-refractivity contribution in [1.29, 1.82) is 0 Å². The van der Waals surface area contributed by atoms with Crippen LogP contribution in [0.15, 0.2) is 49.3 Å². The van der Waals surface area contributed by atoms with Gasteiger partial charge in [0, 0.05) is 51.2 Å². The number of nitrogens with zero attached hydrogens (tertiary/aromatic N) is 4. The summed E-state index contributed by atoms with van der Waals surface area (Å²) in [4.78, 5) is 9.91. The van der Waals surface area contributed by atoms with Gasteiger partial charge in [0.05, 0.1) is 6.04 Å². The maximum absolute atomic E-state index is 6.66. The van der Waals surface area contributed by atoms with Crippen LogP contribution in [-0.4, -0.2) is 59.4 Å². The van der Waals surface area contributed by atoms with Gasteiger partial charge < -0.3 is 8.99 Å². The minimum Gasteiger partial charge on any atom is -0.543 e. The van der Waals surface area contributed by atoms with Gasteiger partial charge in [0.2, 0.25) is 8.32 Å². The molecule has 2 heterocycles. The number of hydrogen-bond acceptors (Lipinski definition) is 4. The molecule has 2 aromatic rings. The molecule has 176 valence electrons. The number of hydrogen-bond donors (Lipinski definition) is 0. The van der Waals surface area contributed by atoms with Gasteiger partial charge >= 0.3 is 0 Å². The highest BCUT2D eigenvalue weighted by molar-refractivity contribution is 6.74. The highest BCUT2D eigenvalue weighted by atomic mass is 28.4. The number of rotatable bonds is 7. The third-order valence-corrected chi connectivity index (χ3v) is 11.7. The Hall–Kier alpha value is -1.89. The van der Waals surface area contributed by atoms with E-state index in [9.17, 15) is 0 Å². The third kappa shape index (κ3) is 5.19. The van der Waals surface area contributed by atoms with E-state index in [4.69, 9.17) is 9.41 Å². The van der Waals surface area contributed by atoms with Crippen LogP contribution >= 0.6 is 0 Å². The van der Waals surface area contributed by atoms with Crippen LogP contribution < -0.4 is 4.43 Å². The van der Waals surface area contributed by atoms with Gasteiger partial charge in [-0.3, -0.25) is 9.80 Å². The van der Waals surface area contributed by atoms with Gasteiger partial charge in [-0.05, 0) is 49.7 Å². The Labute approximate surface area is 196 Å². The Kier molecular flexibility index (Phi) is 7.37. The minimum atomic E-state index is -1.91. The minimum absolute atomic E-state index is 0.0845. The van der Waals surface area contributed by atoms with E-state index in [2.05, 4.69) is 100.0 Å². The molecule has 0 aliphatic carbocycles. The predicted octanol–water partition coefficient (Wildman–Crippen LogP) is 5.47. The number of piperazine rings is 1. The molecule has 0 N–H and O–H groups in total. The molecule has 0 amide bonds. The molecule has 0 radical (unpaired) electrons. The first-order valence-corrected chi connectivity index (χ1v) is 14.7. The monoisotopic (exact) mass is 454 g/mol. The zero-order chi connectivity index (χ0) is 23.7. The average Bonchev–Trinajstić information content (AvgIpc) is 3.10. The molecule has 1 aromatic heterocycles. The second-order valence-electron chi connectivity index (χ2n) is 10.9. The van der Waals surface area contributed by atoms with E-state index in [1.54, 1.807) is 0 Å². The van der Waals surface area contributed by atoms with Crippen molar-refractivity contribution in [1.82, 2.24) is 19.4 Å². The molecule has 32 heavy (non-hydrogen) atoms. The zero-order valence-electron chi connectivity index (χ0n) is 21.3. The Morgan fingerprint density at radius 3 is 2.53 bits per heavy atom. The summed E-state index contributed by atoms with van der Waals surface area (Å²) >= 11 is 0. The molecule has 3 rings (SSSR count). The fourth-order valence-electron chi connectivity index (χ4n) is 4.33. The van der Waals surface area contributed by atoms with Crippen LogP contribution in [0.3, 0.4) is 0 Å². The molecule has 1 saturated heterocycles. The summed E-state index contributed by atoms with van der Waals surface area (Å²) in [6.45, 7) is 23.0. The molecule has 1 aliphatic heterocycles. The summed E-state index contributed by atoms with van der Waals surface area (Å²) in [7, 11) is 0.177. The first-order chi connectivity index (χ1) is 14.9. The lowest BCUT2D eigenvalue weighted by Crippen LogP contribution is -2.57. The van der Waals surface area contributed by atoms with E-state index in [0.29, 0.717) is 12.1 Å². The largest absolute Gasteiger partial charge is 0.543 e. The number of imidazole rings is 1. The van der Waals surface area contributed by atoms with Crippen LogP contribution in [0.5, 0.6) is 5.75 Å². The van der Waals surface area contributed by atoms with Gasteiger partial charge in [-0.1, -0.05) is 39.0 Å². The van der Waals surface area contributed by atoms with Gasteiger partial charge in [-0.15, -0.1) is 6.58 Å². The fraction of sp³-hybridized carbons (Fsp3) is 0.577. The van der Waals surface area contributed by atoms with Crippen molar-refractivity contribution in [2.45, 2.75) is 70.9 Å². The molecular formula is C26H42N4OSi. The molecule has 0 spiro atoms. The quantitative estimate of drug-likeness (QED) is 0.410. The van der Waals surface area contributed by atoms with Crippen LogP contribution in [0.1, 0.15) is 52.0 Å². The third-order valence-electron chi connectivity index (χ3n) is 7.31. The maximum atomic E-state index is 6.66. The highest BCUT2D eigenvalue weighted by Crippen LogP contribution is 2.39. The van der Waals surface area contributed by atoms with Crippen LogP contribution in [0.25, 0.3) is 0 Å². The van der Waals surface area contributed by atoms with E-state index in [1.165, 1.54) is 5.56 Å². The van der Waals surface area contributed by atoms with Gasteiger partial charge in [-0.25, -0.2) is 4.98 Å². The molecule has 5 nitrogen and oxygen atoms in total. The van der Waals surface area contributed by atoms with E-state index < -0.39 is 8.32 Å². The van der Waals surface area contributed by atoms with Crippen LogP contribution in [0.4, 0.5) is 0 Å². The normalized spacial score (nSPS) is 22.0. The topological polar surface area (TPSA) is 33.5 Å². The van der Waals surface area contributed by atoms with Crippen molar-refractivity contribution in [2.24, 2.45) is 7.05 Å². The lowest BCUT2D eigenvalue weighted by molar-refractivity contribution is 0.0278. The maximum Gasteiger partial charge on any atom is 0.250 e. The molecule has 1 fully saturated rings. The first kappa shape index (κ1) is 24.7. The smallest absolute Gasteiger partial charge is 0.250 e. The standard InChI is InChI=1S/C26H42N4OSi/c1-10-15-29-18-21(3)30(19-20(29)2)24(25-27-14-16-28(25)7)22-12-11-13-23(17-22)31-32(8,9)26(4,5)6/h10-14,16-17,20-21,24H,1,15,18-19H2,2-9H3/t20-,21+,24-/m1/s1. The summed E-state index contributed by atoms with van der Waals surface area (Å²) in [6.07, 6.45) is 5.96. The van der Waals surface area contributed by atoms with E-state index >= 15 is 0 Å². The SMILES string of the molecule is C=CCN1C[C@H](C)N([C@H](c2cccc(O[Si](C)(C)C(C)(C)C)c2)c2nccn2C)C[C@H]1C. The second-order valence-corrected chi connectivity index (χ2v) is 15.6. The molecule has 0 saturated carbocycles. The summed E-state index contributed by atoms with van der Waals surface area (Å²) in [6, 6.07) is 9.65. The van der Waals surface area contributed by atoms with Gasteiger partial charge in [0.25, 0.3) is 0 Å². The van der Waals surface area contributed by atoms with E-state index in [0.717, 1.165) is 31.2 Å². The van der Waals surface area contributed by atoms with E-state index in [-0.39, 0.29) is 11.1 Å². The Morgan fingerprint density at radius 2 is 1.94 bits per heavy atom. The van der Waals surface area contributed by atoms with Crippen molar-refractivity contribution >= 4 is 8.32 Å². The first-order valence-electron chi connectivity index (χ1n) is 11.8. The molecule has 0 unspecified atom stereocenters. The number of aromatic nitrogens is 2. The average molecular weight is 455 g/mol. The predicted molar refractivity (Wildman–Crippen MR) is 137 cm³/mol. The molecular weight excluding hydrogens is 412 g/mol. The van der Waals surface area contributed by atoms with Crippen LogP contribution in [-0.2, 0) is 7.05 Å². The van der Waals surface area contributed by atoms with Crippen molar-refractivity contribution in [3.63, 3.8) is 0 Å². The lowest BCUT2D eigenvalue weighted by Gasteiger charge is -2.47. The van der Waals surface area contributed by atoms with Crippen LogP contribution in [0, 0.1) is 0 Å². The Morgan fingerprint density at radius 1 is 1.22 bits per heavy atom. The number of aryl methyl sites for hydroxylation is 1. The molecule has 1 aromatic carbocycles. The summed E-state index contributed by atoms with van der Waals surface area (Å²) in [5.41, 5.74) is 1.24. The molecule has 1 aliphatic rings. The summed E-state index contributed by atoms with van der Waals surface area (Å²) < 4.78 is 8.82. The van der Waals surface area contributed by atoms with Crippen molar-refractivity contribution in [2.75, 3.05) is 19.6 Å². The lowest BCUT2D eigenvalue weighted by atomic mass is 9.98. The fourth-order valence-corrected chi connectivity index (χ4v) is 5.35. The Balaban J connectivity index is 1.98. The van der Waals surface area contributed by atoms with Gasteiger partial charge in [0.15, 0.2) is 0 Å². The number of benzene rings is 1. The van der Waals surface area contributed by atoms with Gasteiger partial charge in [0.1, 0.15) is 11.6 Å². The van der Waals surface area contributed by atoms with E-state index in [1.807, 2.05) is 18.5 Å². The Bertz CT molecular complexity index is 917. The molecule has 6 heteroatoms. The van der Waals surface area contributed by atoms with Crippen molar-refractivity contribution in [3.05, 3.63) is 60.7 Å².